The highest BCUT2D eigenvalue weighted by molar-refractivity contribution is 8.77. The molecule has 1 fully saturated rings. The average Bonchev–Trinajstić information content (AvgIpc) is 2.98. The van der Waals surface area contributed by atoms with Gasteiger partial charge in [0.25, 0.3) is 0 Å². The highest BCUT2D eigenvalue weighted by Crippen LogP contribution is 2.39. The molecule has 1 atom stereocenters. The number of rotatable bonds is 7. The van der Waals surface area contributed by atoms with Crippen molar-refractivity contribution >= 4 is 33.2 Å². The van der Waals surface area contributed by atoms with Crippen LogP contribution in [0.15, 0.2) is 18.3 Å². The fourth-order valence-electron chi connectivity index (χ4n) is 2.02. The van der Waals surface area contributed by atoms with Gasteiger partial charge in [-0.05, 0) is 25.3 Å². The summed E-state index contributed by atoms with van der Waals surface area (Å²) in [4.78, 5) is 15.8. The summed E-state index contributed by atoms with van der Waals surface area (Å²) >= 11 is 0. The molecule has 2 heterocycles. The van der Waals surface area contributed by atoms with Gasteiger partial charge >= 0.3 is 0 Å². The summed E-state index contributed by atoms with van der Waals surface area (Å²) in [7, 11) is 5.55. The highest BCUT2D eigenvalue weighted by Gasteiger charge is 2.15. The summed E-state index contributed by atoms with van der Waals surface area (Å²) in [6.07, 6.45) is 6.83. The SMILES string of the molecule is COc1ccc(NC(=O)CCCCC2CCSS2)cn1. The molecule has 1 unspecified atom stereocenters. The molecule has 1 N–H and O–H groups in total. The Morgan fingerprint density at radius 1 is 1.50 bits per heavy atom. The number of aromatic nitrogens is 1. The van der Waals surface area contributed by atoms with Gasteiger partial charge in [-0.25, -0.2) is 4.98 Å². The number of ether oxygens (including phenoxy) is 1. The summed E-state index contributed by atoms with van der Waals surface area (Å²) in [6.45, 7) is 0. The number of hydrogen-bond donors (Lipinski definition) is 1. The molecule has 0 spiro atoms. The lowest BCUT2D eigenvalue weighted by molar-refractivity contribution is -0.116. The van der Waals surface area contributed by atoms with Crippen molar-refractivity contribution in [2.45, 2.75) is 37.4 Å². The summed E-state index contributed by atoms with van der Waals surface area (Å²) in [5.74, 6) is 1.89. The van der Waals surface area contributed by atoms with Crippen molar-refractivity contribution in [3.05, 3.63) is 18.3 Å². The first-order chi connectivity index (χ1) is 9.78. The molecule has 20 heavy (non-hydrogen) atoms. The van der Waals surface area contributed by atoms with E-state index in [9.17, 15) is 4.79 Å². The number of anilines is 1. The van der Waals surface area contributed by atoms with Crippen LogP contribution in [0.5, 0.6) is 5.88 Å². The second kappa shape index (κ2) is 8.42. The lowest BCUT2D eigenvalue weighted by Gasteiger charge is -2.07. The van der Waals surface area contributed by atoms with Gasteiger partial charge < -0.3 is 10.1 Å². The van der Waals surface area contributed by atoms with Crippen LogP contribution in [0.2, 0.25) is 0 Å². The maximum absolute atomic E-state index is 11.8. The van der Waals surface area contributed by atoms with E-state index in [1.807, 2.05) is 21.6 Å². The molecule has 1 saturated heterocycles. The fourth-order valence-corrected chi connectivity index (χ4v) is 5.05. The first kappa shape index (κ1) is 15.5. The lowest BCUT2D eigenvalue weighted by Crippen LogP contribution is -2.11. The normalized spacial score (nSPS) is 17.9. The van der Waals surface area contributed by atoms with Gasteiger partial charge in [0.15, 0.2) is 0 Å². The molecule has 1 aromatic rings. The first-order valence-corrected chi connectivity index (χ1v) is 9.24. The van der Waals surface area contributed by atoms with E-state index in [0.717, 1.165) is 23.8 Å². The average molecular weight is 312 g/mol. The zero-order chi connectivity index (χ0) is 14.2. The van der Waals surface area contributed by atoms with Crippen molar-refractivity contribution in [3.8, 4) is 5.88 Å². The third-order valence-electron chi connectivity index (χ3n) is 3.14. The molecule has 0 aliphatic carbocycles. The molecule has 1 aliphatic heterocycles. The molecular weight excluding hydrogens is 292 g/mol. The topological polar surface area (TPSA) is 51.2 Å². The van der Waals surface area contributed by atoms with E-state index in [4.69, 9.17) is 4.74 Å². The quantitative estimate of drug-likeness (QED) is 0.614. The van der Waals surface area contributed by atoms with Crippen molar-refractivity contribution in [1.82, 2.24) is 4.98 Å². The molecule has 0 radical (unpaired) electrons. The number of carbonyl (C=O) groups excluding carboxylic acids is 1. The van der Waals surface area contributed by atoms with Crippen molar-refractivity contribution in [2.24, 2.45) is 0 Å². The molecule has 1 aliphatic rings. The molecule has 0 aromatic carbocycles. The monoisotopic (exact) mass is 312 g/mol. The Balaban J connectivity index is 1.61. The van der Waals surface area contributed by atoms with Gasteiger partial charge in [-0.2, -0.15) is 0 Å². The Hall–Kier alpha value is -0.880. The smallest absolute Gasteiger partial charge is 0.224 e. The summed E-state index contributed by atoms with van der Waals surface area (Å²) in [6, 6.07) is 3.54. The minimum absolute atomic E-state index is 0.0606. The number of nitrogens with one attached hydrogen (secondary N) is 1. The van der Waals surface area contributed by atoms with Crippen molar-refractivity contribution in [3.63, 3.8) is 0 Å². The summed E-state index contributed by atoms with van der Waals surface area (Å²) < 4.78 is 4.97. The van der Waals surface area contributed by atoms with Crippen LogP contribution in [0, 0.1) is 0 Å². The molecule has 2 rings (SSSR count). The van der Waals surface area contributed by atoms with Crippen LogP contribution >= 0.6 is 21.6 Å². The van der Waals surface area contributed by atoms with Gasteiger partial charge in [0.1, 0.15) is 0 Å². The van der Waals surface area contributed by atoms with Gasteiger partial charge in [-0.1, -0.05) is 28.0 Å². The maximum atomic E-state index is 11.8. The maximum Gasteiger partial charge on any atom is 0.224 e. The van der Waals surface area contributed by atoms with E-state index in [1.54, 1.807) is 25.4 Å². The summed E-state index contributed by atoms with van der Waals surface area (Å²) in [5.41, 5.74) is 0.721. The number of pyridine rings is 1. The Morgan fingerprint density at radius 2 is 2.40 bits per heavy atom. The van der Waals surface area contributed by atoms with Gasteiger partial charge in [0.2, 0.25) is 11.8 Å². The Bertz CT molecular complexity index is 420. The van der Waals surface area contributed by atoms with E-state index in [-0.39, 0.29) is 5.91 Å². The Morgan fingerprint density at radius 3 is 3.05 bits per heavy atom. The minimum atomic E-state index is 0.0606. The predicted molar refractivity (Wildman–Crippen MR) is 86.3 cm³/mol. The van der Waals surface area contributed by atoms with Crippen LogP contribution in [0.3, 0.4) is 0 Å². The molecular formula is C14H20N2O2S2. The Kier molecular flexibility index (Phi) is 6.53. The highest BCUT2D eigenvalue weighted by atomic mass is 33.1. The molecule has 110 valence electrons. The van der Waals surface area contributed by atoms with Crippen molar-refractivity contribution in [1.29, 1.82) is 0 Å². The molecule has 0 saturated carbocycles. The summed E-state index contributed by atoms with van der Waals surface area (Å²) in [5, 5.41) is 3.66. The zero-order valence-corrected chi connectivity index (χ0v) is 13.3. The van der Waals surface area contributed by atoms with Crippen LogP contribution in [0.4, 0.5) is 5.69 Å². The van der Waals surface area contributed by atoms with Crippen LogP contribution in [0.25, 0.3) is 0 Å². The molecule has 4 nitrogen and oxygen atoms in total. The van der Waals surface area contributed by atoms with Gasteiger partial charge in [0, 0.05) is 23.5 Å². The van der Waals surface area contributed by atoms with Crippen molar-refractivity contribution < 1.29 is 9.53 Å². The van der Waals surface area contributed by atoms with Crippen LogP contribution in [-0.2, 0) is 4.79 Å². The predicted octanol–water partition coefficient (Wildman–Crippen LogP) is 3.74. The lowest BCUT2D eigenvalue weighted by atomic mass is 10.1. The standard InChI is InChI=1S/C14H20N2O2S2/c1-18-14-7-6-11(10-15-14)16-13(17)5-3-2-4-12-8-9-19-20-12/h6-7,10,12H,2-5,8-9H2,1H3,(H,16,17). The van der Waals surface area contributed by atoms with Crippen LogP contribution in [-0.4, -0.2) is 29.0 Å². The molecule has 6 heteroatoms. The fraction of sp³-hybridized carbons (Fsp3) is 0.571. The van der Waals surface area contributed by atoms with E-state index in [1.165, 1.54) is 18.6 Å². The number of hydrogen-bond acceptors (Lipinski definition) is 5. The minimum Gasteiger partial charge on any atom is -0.481 e. The Labute approximate surface area is 127 Å². The number of methoxy groups -OCH3 is 1. The van der Waals surface area contributed by atoms with Crippen LogP contribution < -0.4 is 10.1 Å². The van der Waals surface area contributed by atoms with Gasteiger partial charge in [-0.3, -0.25) is 4.79 Å². The molecule has 1 amide bonds. The third kappa shape index (κ3) is 5.25. The van der Waals surface area contributed by atoms with E-state index < -0.39 is 0 Å². The molecule has 0 bridgehead atoms. The van der Waals surface area contributed by atoms with E-state index >= 15 is 0 Å². The third-order valence-corrected chi connectivity index (χ3v) is 6.14. The second-order valence-corrected chi connectivity index (χ2v) is 7.50. The van der Waals surface area contributed by atoms with E-state index in [0.29, 0.717) is 12.3 Å². The number of nitrogens with zero attached hydrogens (tertiary/aromatic N) is 1. The van der Waals surface area contributed by atoms with Gasteiger partial charge in [-0.15, -0.1) is 0 Å². The number of amides is 1. The largest absolute Gasteiger partial charge is 0.481 e. The molecule has 1 aromatic heterocycles. The second-order valence-electron chi connectivity index (χ2n) is 4.71. The number of unbranched alkanes of at least 4 members (excludes halogenated alkanes) is 1. The van der Waals surface area contributed by atoms with Crippen molar-refractivity contribution in [2.75, 3.05) is 18.2 Å². The van der Waals surface area contributed by atoms with Gasteiger partial charge in [0.05, 0.1) is 19.0 Å². The number of carbonyl (C=O) groups is 1. The first-order valence-electron chi connectivity index (χ1n) is 6.86. The van der Waals surface area contributed by atoms with Crippen LogP contribution in [0.1, 0.15) is 32.1 Å². The zero-order valence-electron chi connectivity index (χ0n) is 11.6. The van der Waals surface area contributed by atoms with E-state index in [2.05, 4.69) is 10.3 Å².